The Bertz CT molecular complexity index is 1100. The molecule has 0 aliphatic heterocycles. The molecule has 0 bridgehead atoms. The van der Waals surface area contributed by atoms with Crippen molar-refractivity contribution in [2.24, 2.45) is 0 Å². The van der Waals surface area contributed by atoms with Crippen LogP contribution in [-0.4, -0.2) is 50.0 Å². The Morgan fingerprint density at radius 1 is 1.06 bits per heavy atom. The molecular weight excluding hydrogens is 486 g/mol. The molecule has 0 radical (unpaired) electrons. The number of halogens is 1. The summed E-state index contributed by atoms with van der Waals surface area (Å²) in [7, 11) is -3.51. The third kappa shape index (κ3) is 7.70. The van der Waals surface area contributed by atoms with E-state index in [0.717, 1.165) is 37.5 Å². The maximum absolute atomic E-state index is 13.3. The number of nitrogens with zero attached hydrogens (tertiary/aromatic N) is 2. The van der Waals surface area contributed by atoms with E-state index in [0.29, 0.717) is 17.1 Å². The summed E-state index contributed by atoms with van der Waals surface area (Å²) in [5.74, 6) is -0.403. The molecule has 0 saturated heterocycles. The zero-order valence-electron chi connectivity index (χ0n) is 20.3. The third-order valence-corrected chi connectivity index (χ3v) is 7.93. The van der Waals surface area contributed by atoms with Crippen molar-refractivity contribution in [1.29, 1.82) is 0 Å². The summed E-state index contributed by atoms with van der Waals surface area (Å²) in [5, 5.41) is 3.61. The molecule has 1 N–H and O–H groups in total. The Kier molecular flexibility index (Phi) is 9.57. The summed E-state index contributed by atoms with van der Waals surface area (Å²) < 4.78 is 26.0. The molecule has 9 heteroatoms. The predicted octanol–water partition coefficient (Wildman–Crippen LogP) is 4.36. The van der Waals surface area contributed by atoms with E-state index in [1.54, 1.807) is 42.2 Å². The highest BCUT2D eigenvalue weighted by Gasteiger charge is 2.29. The molecule has 2 aromatic rings. The molecule has 1 atom stereocenters. The average molecular weight is 520 g/mol. The maximum Gasteiger partial charge on any atom is 0.242 e. The highest BCUT2D eigenvalue weighted by molar-refractivity contribution is 7.92. The van der Waals surface area contributed by atoms with Gasteiger partial charge in [-0.3, -0.25) is 13.9 Å². The van der Waals surface area contributed by atoms with E-state index in [2.05, 4.69) is 5.32 Å². The van der Waals surface area contributed by atoms with Crippen LogP contribution in [-0.2, 0) is 26.2 Å². The minimum atomic E-state index is -3.51. The predicted molar refractivity (Wildman–Crippen MR) is 140 cm³/mol. The lowest BCUT2D eigenvalue weighted by Crippen LogP contribution is -2.49. The molecule has 0 spiro atoms. The van der Waals surface area contributed by atoms with Crippen LogP contribution < -0.4 is 9.62 Å². The summed E-state index contributed by atoms with van der Waals surface area (Å²) in [6.07, 6.45) is 5.68. The fourth-order valence-electron chi connectivity index (χ4n) is 4.38. The van der Waals surface area contributed by atoms with Gasteiger partial charge in [-0.2, -0.15) is 0 Å². The molecular formula is C26H34ClN3O4S. The molecule has 1 aliphatic rings. The maximum atomic E-state index is 13.3. The van der Waals surface area contributed by atoms with Gasteiger partial charge in [0.05, 0.1) is 11.9 Å². The number of para-hydroxylation sites is 1. The van der Waals surface area contributed by atoms with Crippen LogP contribution in [0.5, 0.6) is 0 Å². The molecule has 7 nitrogen and oxygen atoms in total. The normalized spacial score (nSPS) is 14.9. The van der Waals surface area contributed by atoms with Gasteiger partial charge >= 0.3 is 0 Å². The van der Waals surface area contributed by atoms with Crippen molar-refractivity contribution < 1.29 is 18.0 Å². The molecule has 0 aromatic heterocycles. The van der Waals surface area contributed by atoms with Crippen LogP contribution in [0.1, 0.15) is 51.0 Å². The van der Waals surface area contributed by atoms with Crippen molar-refractivity contribution in [3.05, 3.63) is 65.2 Å². The number of carbonyl (C=O) groups is 2. The van der Waals surface area contributed by atoms with Gasteiger partial charge in [0.25, 0.3) is 0 Å². The van der Waals surface area contributed by atoms with Gasteiger partial charge in [0, 0.05) is 30.6 Å². The number of benzene rings is 2. The molecule has 35 heavy (non-hydrogen) atoms. The number of amides is 2. The molecule has 2 aromatic carbocycles. The number of carbonyl (C=O) groups excluding carboxylic acids is 2. The largest absolute Gasteiger partial charge is 0.352 e. The van der Waals surface area contributed by atoms with E-state index in [1.807, 2.05) is 24.3 Å². The zero-order chi connectivity index (χ0) is 25.4. The number of anilines is 1. The van der Waals surface area contributed by atoms with Gasteiger partial charge in [-0.25, -0.2) is 8.42 Å². The van der Waals surface area contributed by atoms with Gasteiger partial charge < -0.3 is 10.2 Å². The minimum Gasteiger partial charge on any atom is -0.352 e. The Morgan fingerprint density at radius 2 is 1.69 bits per heavy atom. The van der Waals surface area contributed by atoms with Crippen LogP contribution in [0.2, 0.25) is 5.02 Å². The number of nitrogens with one attached hydrogen (secondary N) is 1. The number of sulfonamides is 1. The first-order chi connectivity index (χ1) is 16.7. The molecule has 3 rings (SSSR count). The van der Waals surface area contributed by atoms with Crippen LogP contribution in [0.25, 0.3) is 0 Å². The monoisotopic (exact) mass is 519 g/mol. The first-order valence-electron chi connectivity index (χ1n) is 12.0. The van der Waals surface area contributed by atoms with E-state index in [4.69, 9.17) is 11.6 Å². The Labute approximate surface area is 213 Å². The van der Waals surface area contributed by atoms with Gasteiger partial charge in [0.1, 0.15) is 6.04 Å². The van der Waals surface area contributed by atoms with Crippen molar-refractivity contribution in [3.8, 4) is 0 Å². The van der Waals surface area contributed by atoms with E-state index in [1.165, 1.54) is 4.31 Å². The minimum absolute atomic E-state index is 0.102. The highest BCUT2D eigenvalue weighted by Crippen LogP contribution is 2.22. The molecule has 0 heterocycles. The van der Waals surface area contributed by atoms with Crippen molar-refractivity contribution in [2.45, 2.75) is 64.1 Å². The summed E-state index contributed by atoms with van der Waals surface area (Å²) in [6.45, 7) is 2.09. The van der Waals surface area contributed by atoms with Crippen LogP contribution >= 0.6 is 11.6 Å². The Hall–Kier alpha value is -2.58. The highest BCUT2D eigenvalue weighted by atomic mass is 35.5. The smallest absolute Gasteiger partial charge is 0.242 e. The standard InChI is InChI=1S/C26H34ClN3O4S/c1-20(26(32)28-22-12-7-8-13-22)29(19-21-11-6-9-16-24(21)27)25(31)17-10-18-30(35(2,33)34)23-14-4-3-5-15-23/h3-6,9,11,14-16,20,22H,7-8,10,12-13,17-19H2,1-2H3,(H,28,32)/t20-/m1/s1. The summed E-state index contributed by atoms with van der Waals surface area (Å²) in [5.41, 5.74) is 1.31. The summed E-state index contributed by atoms with van der Waals surface area (Å²) in [6, 6.07) is 15.5. The van der Waals surface area contributed by atoms with Gasteiger partial charge in [-0.05, 0) is 49.9 Å². The van der Waals surface area contributed by atoms with Crippen LogP contribution in [0.3, 0.4) is 0 Å². The number of hydrogen-bond acceptors (Lipinski definition) is 4. The van der Waals surface area contributed by atoms with Gasteiger partial charge in [-0.1, -0.05) is 60.8 Å². The van der Waals surface area contributed by atoms with Crippen molar-refractivity contribution in [3.63, 3.8) is 0 Å². The topological polar surface area (TPSA) is 86.8 Å². The lowest BCUT2D eigenvalue weighted by Gasteiger charge is -2.30. The zero-order valence-corrected chi connectivity index (χ0v) is 21.9. The summed E-state index contributed by atoms with van der Waals surface area (Å²) >= 11 is 6.35. The molecule has 1 fully saturated rings. The molecule has 0 unspecified atom stereocenters. The third-order valence-electron chi connectivity index (χ3n) is 6.36. The van der Waals surface area contributed by atoms with Crippen LogP contribution in [0.4, 0.5) is 5.69 Å². The number of hydrogen-bond donors (Lipinski definition) is 1. The van der Waals surface area contributed by atoms with E-state index in [-0.39, 0.29) is 37.4 Å². The van der Waals surface area contributed by atoms with Crippen molar-refractivity contribution in [2.75, 3.05) is 17.1 Å². The second kappa shape index (κ2) is 12.4. The van der Waals surface area contributed by atoms with Crippen molar-refractivity contribution >= 4 is 39.1 Å². The lowest BCUT2D eigenvalue weighted by molar-refractivity contribution is -0.140. The van der Waals surface area contributed by atoms with Gasteiger partial charge in [0.15, 0.2) is 0 Å². The Balaban J connectivity index is 1.71. The van der Waals surface area contributed by atoms with Gasteiger partial charge in [0.2, 0.25) is 21.8 Å². The Morgan fingerprint density at radius 3 is 2.31 bits per heavy atom. The van der Waals surface area contributed by atoms with E-state index < -0.39 is 16.1 Å². The molecule has 1 aliphatic carbocycles. The second-order valence-electron chi connectivity index (χ2n) is 9.05. The van der Waals surface area contributed by atoms with E-state index in [9.17, 15) is 18.0 Å². The van der Waals surface area contributed by atoms with Crippen molar-refractivity contribution in [1.82, 2.24) is 10.2 Å². The molecule has 2 amide bonds. The molecule has 190 valence electrons. The fourth-order valence-corrected chi connectivity index (χ4v) is 5.54. The van der Waals surface area contributed by atoms with E-state index >= 15 is 0 Å². The average Bonchev–Trinajstić information content (AvgIpc) is 3.33. The first kappa shape index (κ1) is 27.0. The number of rotatable bonds is 11. The SMILES string of the molecule is C[C@H](C(=O)NC1CCCC1)N(Cc1ccccc1Cl)C(=O)CCCN(c1ccccc1)S(C)(=O)=O. The molecule has 1 saturated carbocycles. The summed E-state index contributed by atoms with van der Waals surface area (Å²) in [4.78, 5) is 27.9. The van der Waals surface area contributed by atoms with Crippen LogP contribution in [0.15, 0.2) is 54.6 Å². The van der Waals surface area contributed by atoms with Crippen LogP contribution in [0, 0.1) is 0 Å². The van der Waals surface area contributed by atoms with Gasteiger partial charge in [-0.15, -0.1) is 0 Å². The quantitative estimate of drug-likeness (QED) is 0.478. The second-order valence-corrected chi connectivity index (χ2v) is 11.4. The first-order valence-corrected chi connectivity index (χ1v) is 14.3. The lowest BCUT2D eigenvalue weighted by atomic mass is 10.1. The fraction of sp³-hybridized carbons (Fsp3) is 0.462.